The summed E-state index contributed by atoms with van der Waals surface area (Å²) in [5.74, 6) is 1.84. The number of hydrogen-bond donors (Lipinski definition) is 1. The second-order valence-electron chi connectivity index (χ2n) is 7.04. The summed E-state index contributed by atoms with van der Waals surface area (Å²) in [5, 5.41) is 5.49. The summed E-state index contributed by atoms with van der Waals surface area (Å²) in [7, 11) is 8.78. The number of thiazole rings is 1. The van der Waals surface area contributed by atoms with Crippen molar-refractivity contribution in [3.05, 3.63) is 59.1 Å². The number of hydrogen-bond acceptors (Lipinski definition) is 7. The third kappa shape index (κ3) is 5.15. The van der Waals surface area contributed by atoms with Gasteiger partial charge in [0.2, 0.25) is 0 Å². The first-order valence-corrected chi connectivity index (χ1v) is 10.6. The van der Waals surface area contributed by atoms with Crippen molar-refractivity contribution >= 4 is 17.2 Å². The summed E-state index contributed by atoms with van der Waals surface area (Å²) in [6, 6.07) is 13.4. The highest BCUT2D eigenvalue weighted by atomic mass is 32.1. The zero-order chi connectivity index (χ0) is 22.4. The second kappa shape index (κ2) is 10.3. The van der Waals surface area contributed by atoms with E-state index in [0.717, 1.165) is 21.9 Å². The molecule has 1 amide bonds. The Morgan fingerprint density at radius 3 is 2.42 bits per heavy atom. The summed E-state index contributed by atoms with van der Waals surface area (Å²) in [6.45, 7) is 0.426. The number of rotatable bonds is 9. The lowest BCUT2D eigenvalue weighted by molar-refractivity contribution is 0.0937. The van der Waals surface area contributed by atoms with Gasteiger partial charge in [-0.15, -0.1) is 11.3 Å². The van der Waals surface area contributed by atoms with Crippen LogP contribution >= 0.6 is 11.3 Å². The number of amides is 1. The molecule has 0 saturated carbocycles. The lowest BCUT2D eigenvalue weighted by Crippen LogP contribution is -2.34. The Morgan fingerprint density at radius 2 is 1.74 bits per heavy atom. The van der Waals surface area contributed by atoms with Crippen LogP contribution in [0.4, 0.5) is 0 Å². The van der Waals surface area contributed by atoms with Gasteiger partial charge in [-0.3, -0.25) is 4.79 Å². The Balaban J connectivity index is 1.73. The number of ether oxygens (including phenoxy) is 3. The molecule has 1 aromatic heterocycles. The molecule has 0 aliphatic rings. The summed E-state index contributed by atoms with van der Waals surface area (Å²) in [4.78, 5) is 19.3. The van der Waals surface area contributed by atoms with E-state index in [2.05, 4.69) is 10.3 Å². The number of nitrogens with one attached hydrogen (secondary N) is 1. The third-order valence-corrected chi connectivity index (χ3v) is 5.84. The van der Waals surface area contributed by atoms with E-state index in [9.17, 15) is 4.79 Å². The van der Waals surface area contributed by atoms with Crippen LogP contribution in [0.3, 0.4) is 0 Å². The Labute approximate surface area is 186 Å². The maximum absolute atomic E-state index is 12.8. The number of benzene rings is 2. The van der Waals surface area contributed by atoms with Crippen LogP contribution in [0.5, 0.6) is 17.2 Å². The fourth-order valence-electron chi connectivity index (χ4n) is 3.27. The highest BCUT2D eigenvalue weighted by Gasteiger charge is 2.20. The lowest BCUT2D eigenvalue weighted by Gasteiger charge is -2.26. The topological polar surface area (TPSA) is 72.9 Å². The van der Waals surface area contributed by atoms with Gasteiger partial charge in [-0.25, -0.2) is 4.98 Å². The van der Waals surface area contributed by atoms with Gasteiger partial charge in [-0.2, -0.15) is 0 Å². The van der Waals surface area contributed by atoms with Crippen LogP contribution in [-0.2, 0) is 0 Å². The predicted octanol–water partition coefficient (Wildman–Crippen LogP) is 3.87. The average molecular weight is 442 g/mol. The predicted molar refractivity (Wildman–Crippen MR) is 122 cm³/mol. The van der Waals surface area contributed by atoms with Gasteiger partial charge < -0.3 is 24.4 Å². The Hall–Kier alpha value is -3.10. The molecule has 0 spiro atoms. The van der Waals surface area contributed by atoms with Crippen LogP contribution in [0, 0.1) is 0 Å². The van der Waals surface area contributed by atoms with E-state index in [1.807, 2.05) is 61.5 Å². The standard InChI is InChI=1S/C23H27N3O4S/c1-26(2)18(16-8-6-7-9-19(16)28-3)13-24-22(27)17-14-31-23(25-17)15-10-11-20(29-4)21(12-15)30-5/h6-12,14,18H,13H2,1-5H3,(H,24,27)/t18-/m1/s1. The monoisotopic (exact) mass is 441 g/mol. The molecule has 0 bridgehead atoms. The van der Waals surface area contributed by atoms with Crippen LogP contribution in [0.15, 0.2) is 47.8 Å². The summed E-state index contributed by atoms with van der Waals surface area (Å²) in [5.41, 5.74) is 2.26. The zero-order valence-electron chi connectivity index (χ0n) is 18.3. The van der Waals surface area contributed by atoms with Gasteiger partial charge in [-0.1, -0.05) is 18.2 Å². The molecule has 3 aromatic rings. The van der Waals surface area contributed by atoms with Gasteiger partial charge in [-0.05, 0) is 38.4 Å². The molecule has 0 saturated heterocycles. The first kappa shape index (κ1) is 22.6. The molecule has 1 heterocycles. The van der Waals surface area contributed by atoms with Crippen molar-refractivity contribution in [2.24, 2.45) is 0 Å². The fraction of sp³-hybridized carbons (Fsp3) is 0.304. The Bertz CT molecular complexity index is 1040. The molecular weight excluding hydrogens is 414 g/mol. The summed E-state index contributed by atoms with van der Waals surface area (Å²) >= 11 is 1.41. The molecule has 1 N–H and O–H groups in total. The number of nitrogens with zero attached hydrogens (tertiary/aromatic N) is 2. The fourth-order valence-corrected chi connectivity index (χ4v) is 4.07. The largest absolute Gasteiger partial charge is 0.496 e. The molecule has 164 valence electrons. The summed E-state index contributed by atoms with van der Waals surface area (Å²) < 4.78 is 16.1. The second-order valence-corrected chi connectivity index (χ2v) is 7.90. The van der Waals surface area contributed by atoms with Crippen molar-refractivity contribution in [2.75, 3.05) is 42.0 Å². The van der Waals surface area contributed by atoms with Gasteiger partial charge in [0.25, 0.3) is 5.91 Å². The van der Waals surface area contributed by atoms with Crippen LogP contribution in [-0.4, -0.2) is 57.8 Å². The SMILES string of the molecule is COc1ccc(-c2nc(C(=O)NC[C@H](c3ccccc3OC)N(C)C)cs2)cc1OC. The van der Waals surface area contributed by atoms with Crippen molar-refractivity contribution < 1.29 is 19.0 Å². The number of carbonyl (C=O) groups is 1. The van der Waals surface area contributed by atoms with E-state index in [-0.39, 0.29) is 11.9 Å². The number of carbonyl (C=O) groups excluding carboxylic acids is 1. The van der Waals surface area contributed by atoms with Gasteiger partial charge in [0, 0.05) is 23.1 Å². The molecule has 3 rings (SSSR count). The van der Waals surface area contributed by atoms with E-state index in [1.54, 1.807) is 26.7 Å². The van der Waals surface area contributed by atoms with E-state index < -0.39 is 0 Å². The molecule has 7 nitrogen and oxygen atoms in total. The normalized spacial score (nSPS) is 11.8. The third-order valence-electron chi connectivity index (χ3n) is 4.94. The number of methoxy groups -OCH3 is 3. The summed E-state index contributed by atoms with van der Waals surface area (Å²) in [6.07, 6.45) is 0. The smallest absolute Gasteiger partial charge is 0.270 e. The van der Waals surface area contributed by atoms with Crippen LogP contribution in [0.25, 0.3) is 10.6 Å². The number of para-hydroxylation sites is 1. The zero-order valence-corrected chi connectivity index (χ0v) is 19.2. The average Bonchev–Trinajstić information content (AvgIpc) is 3.29. The number of aromatic nitrogens is 1. The molecule has 0 fully saturated rings. The first-order valence-electron chi connectivity index (χ1n) is 9.74. The minimum absolute atomic E-state index is 0.0379. The van der Waals surface area contributed by atoms with E-state index >= 15 is 0 Å². The molecule has 0 radical (unpaired) electrons. The first-order chi connectivity index (χ1) is 15.0. The minimum atomic E-state index is -0.218. The molecule has 0 unspecified atom stereocenters. The number of likely N-dealkylation sites (N-methyl/N-ethyl adjacent to an activating group) is 1. The van der Waals surface area contributed by atoms with Gasteiger partial charge in [0.05, 0.1) is 27.4 Å². The molecular formula is C23H27N3O4S. The van der Waals surface area contributed by atoms with Gasteiger partial charge in [0.15, 0.2) is 11.5 Å². The van der Waals surface area contributed by atoms with Crippen molar-refractivity contribution in [1.82, 2.24) is 15.2 Å². The van der Waals surface area contributed by atoms with E-state index in [1.165, 1.54) is 11.3 Å². The maximum Gasteiger partial charge on any atom is 0.270 e. The van der Waals surface area contributed by atoms with Crippen molar-refractivity contribution in [1.29, 1.82) is 0 Å². The van der Waals surface area contributed by atoms with Crippen LogP contribution in [0.2, 0.25) is 0 Å². The minimum Gasteiger partial charge on any atom is -0.496 e. The maximum atomic E-state index is 12.8. The van der Waals surface area contributed by atoms with Crippen LogP contribution < -0.4 is 19.5 Å². The lowest BCUT2D eigenvalue weighted by atomic mass is 10.0. The van der Waals surface area contributed by atoms with E-state index in [4.69, 9.17) is 14.2 Å². The van der Waals surface area contributed by atoms with Gasteiger partial charge in [0.1, 0.15) is 16.5 Å². The molecule has 8 heteroatoms. The highest BCUT2D eigenvalue weighted by molar-refractivity contribution is 7.13. The molecule has 0 aliphatic carbocycles. The van der Waals surface area contributed by atoms with Gasteiger partial charge >= 0.3 is 0 Å². The molecule has 1 atom stereocenters. The quantitative estimate of drug-likeness (QED) is 0.544. The Morgan fingerprint density at radius 1 is 1.03 bits per heavy atom. The van der Waals surface area contributed by atoms with Crippen molar-refractivity contribution in [3.8, 4) is 27.8 Å². The Kier molecular flexibility index (Phi) is 7.49. The molecule has 2 aromatic carbocycles. The van der Waals surface area contributed by atoms with Crippen molar-refractivity contribution in [3.63, 3.8) is 0 Å². The van der Waals surface area contributed by atoms with Crippen molar-refractivity contribution in [2.45, 2.75) is 6.04 Å². The van der Waals surface area contributed by atoms with Crippen LogP contribution in [0.1, 0.15) is 22.1 Å². The highest BCUT2D eigenvalue weighted by Crippen LogP contribution is 2.33. The molecule has 31 heavy (non-hydrogen) atoms. The molecule has 0 aliphatic heterocycles. The van der Waals surface area contributed by atoms with E-state index in [0.29, 0.717) is 23.7 Å².